The van der Waals surface area contributed by atoms with Crippen molar-refractivity contribution in [1.82, 2.24) is 0 Å². The van der Waals surface area contributed by atoms with Crippen LogP contribution in [0, 0.1) is 5.82 Å². The number of benzene rings is 2. The van der Waals surface area contributed by atoms with E-state index >= 15 is 0 Å². The van der Waals surface area contributed by atoms with E-state index in [4.69, 9.17) is 14.2 Å². The molecule has 0 saturated carbocycles. The topological polar surface area (TPSA) is 27.7 Å². The summed E-state index contributed by atoms with van der Waals surface area (Å²) in [6, 6.07) is 13.4. The van der Waals surface area contributed by atoms with Gasteiger partial charge in [-0.1, -0.05) is 6.07 Å². The summed E-state index contributed by atoms with van der Waals surface area (Å²) in [5, 5.41) is 0. The van der Waals surface area contributed by atoms with Crippen LogP contribution in [0.5, 0.6) is 17.2 Å². The fourth-order valence-corrected chi connectivity index (χ4v) is 1.30. The molecule has 19 heavy (non-hydrogen) atoms. The highest BCUT2D eigenvalue weighted by molar-refractivity contribution is 5.32. The summed E-state index contributed by atoms with van der Waals surface area (Å²) in [7, 11) is 4.82. The zero-order valence-corrected chi connectivity index (χ0v) is 11.2. The molecule has 0 heterocycles. The Morgan fingerprint density at radius 2 is 1.16 bits per heavy atom. The minimum absolute atomic E-state index is 0.240. The Labute approximate surface area is 112 Å². The van der Waals surface area contributed by atoms with E-state index in [9.17, 15) is 4.39 Å². The number of ether oxygens (including phenoxy) is 3. The molecule has 0 N–H and O–H groups in total. The zero-order chi connectivity index (χ0) is 14.1. The van der Waals surface area contributed by atoms with Crippen LogP contribution in [-0.4, -0.2) is 21.3 Å². The first-order valence-electron chi connectivity index (χ1n) is 5.67. The molecule has 2 aromatic carbocycles. The molecule has 2 aromatic rings. The SMILES string of the molecule is COc1ccc(F)cc1.COc1cccc(OC)c1. The van der Waals surface area contributed by atoms with Crippen molar-refractivity contribution in [3.63, 3.8) is 0 Å². The second-order valence-electron chi connectivity index (χ2n) is 3.54. The molecule has 0 aliphatic carbocycles. The van der Waals surface area contributed by atoms with Gasteiger partial charge in [0.15, 0.2) is 0 Å². The van der Waals surface area contributed by atoms with Crippen molar-refractivity contribution in [1.29, 1.82) is 0 Å². The molecule has 0 fully saturated rings. The molecule has 0 spiro atoms. The molecule has 4 heteroatoms. The monoisotopic (exact) mass is 264 g/mol. The van der Waals surface area contributed by atoms with Crippen LogP contribution in [0.2, 0.25) is 0 Å². The third-order valence-corrected chi connectivity index (χ3v) is 2.33. The van der Waals surface area contributed by atoms with Gasteiger partial charge in [-0.3, -0.25) is 0 Å². The van der Waals surface area contributed by atoms with Crippen molar-refractivity contribution < 1.29 is 18.6 Å². The van der Waals surface area contributed by atoms with Crippen LogP contribution < -0.4 is 14.2 Å². The molecular formula is C15H17FO3. The molecule has 102 valence electrons. The highest BCUT2D eigenvalue weighted by atomic mass is 19.1. The van der Waals surface area contributed by atoms with Gasteiger partial charge in [0.05, 0.1) is 21.3 Å². The first-order valence-corrected chi connectivity index (χ1v) is 5.67. The van der Waals surface area contributed by atoms with E-state index in [1.54, 1.807) is 33.5 Å². The van der Waals surface area contributed by atoms with Gasteiger partial charge in [0, 0.05) is 6.07 Å². The van der Waals surface area contributed by atoms with Gasteiger partial charge in [0.1, 0.15) is 23.1 Å². The second kappa shape index (κ2) is 7.97. The molecule has 0 aliphatic heterocycles. The van der Waals surface area contributed by atoms with Crippen molar-refractivity contribution >= 4 is 0 Å². The Bertz CT molecular complexity index is 464. The average Bonchev–Trinajstić information content (AvgIpc) is 2.48. The Morgan fingerprint density at radius 1 is 0.684 bits per heavy atom. The summed E-state index contributed by atoms with van der Waals surface area (Å²) in [5.41, 5.74) is 0. The van der Waals surface area contributed by atoms with E-state index in [1.165, 1.54) is 12.1 Å². The third-order valence-electron chi connectivity index (χ3n) is 2.33. The van der Waals surface area contributed by atoms with Gasteiger partial charge in [-0.25, -0.2) is 4.39 Å². The molecule has 3 nitrogen and oxygen atoms in total. The minimum atomic E-state index is -0.240. The van der Waals surface area contributed by atoms with E-state index in [-0.39, 0.29) is 5.82 Å². The fourth-order valence-electron chi connectivity index (χ4n) is 1.30. The van der Waals surface area contributed by atoms with Crippen molar-refractivity contribution in [3.8, 4) is 17.2 Å². The molecule has 0 amide bonds. The number of methoxy groups -OCH3 is 3. The highest BCUT2D eigenvalue weighted by Gasteiger charge is 1.91. The molecule has 0 atom stereocenters. The van der Waals surface area contributed by atoms with Crippen LogP contribution in [0.15, 0.2) is 48.5 Å². The van der Waals surface area contributed by atoms with Gasteiger partial charge in [-0.2, -0.15) is 0 Å². The maximum atomic E-state index is 12.2. The van der Waals surface area contributed by atoms with Gasteiger partial charge in [-0.05, 0) is 36.4 Å². The normalized spacial score (nSPS) is 9.05. The third kappa shape index (κ3) is 5.29. The molecule has 0 aromatic heterocycles. The smallest absolute Gasteiger partial charge is 0.123 e. The van der Waals surface area contributed by atoms with Crippen LogP contribution in [0.4, 0.5) is 4.39 Å². The molecule has 0 aliphatic rings. The van der Waals surface area contributed by atoms with Gasteiger partial charge in [0.2, 0.25) is 0 Å². The van der Waals surface area contributed by atoms with Crippen molar-refractivity contribution in [3.05, 3.63) is 54.3 Å². The zero-order valence-electron chi connectivity index (χ0n) is 11.2. The Morgan fingerprint density at radius 3 is 1.58 bits per heavy atom. The van der Waals surface area contributed by atoms with Crippen LogP contribution in [0.25, 0.3) is 0 Å². The van der Waals surface area contributed by atoms with Crippen LogP contribution in [-0.2, 0) is 0 Å². The maximum absolute atomic E-state index is 12.2. The summed E-state index contributed by atoms with van der Waals surface area (Å²) < 4.78 is 26.9. The first-order chi connectivity index (χ1) is 9.19. The van der Waals surface area contributed by atoms with E-state index in [0.29, 0.717) is 5.75 Å². The molecule has 0 radical (unpaired) electrons. The highest BCUT2D eigenvalue weighted by Crippen LogP contribution is 2.17. The lowest BCUT2D eigenvalue weighted by Crippen LogP contribution is -1.84. The average molecular weight is 264 g/mol. The minimum Gasteiger partial charge on any atom is -0.497 e. The standard InChI is InChI=1S/C8H10O2.C7H7FO/c1-9-7-4-3-5-8(6-7)10-2;1-9-7-4-2-6(8)3-5-7/h3-6H,1-2H3;2-5H,1H3. The molecule has 0 saturated heterocycles. The van der Waals surface area contributed by atoms with E-state index in [1.807, 2.05) is 24.3 Å². The first kappa shape index (κ1) is 14.8. The Hall–Kier alpha value is -2.23. The van der Waals surface area contributed by atoms with Gasteiger partial charge < -0.3 is 14.2 Å². The molecule has 0 bridgehead atoms. The molecule has 0 unspecified atom stereocenters. The number of rotatable bonds is 3. The van der Waals surface area contributed by atoms with Gasteiger partial charge >= 0.3 is 0 Å². The van der Waals surface area contributed by atoms with Crippen molar-refractivity contribution in [2.24, 2.45) is 0 Å². The summed E-state index contributed by atoms with van der Waals surface area (Å²) >= 11 is 0. The fraction of sp³-hybridized carbons (Fsp3) is 0.200. The lowest BCUT2D eigenvalue weighted by atomic mass is 10.3. The van der Waals surface area contributed by atoms with Crippen LogP contribution >= 0.6 is 0 Å². The predicted molar refractivity (Wildman–Crippen MR) is 72.5 cm³/mol. The maximum Gasteiger partial charge on any atom is 0.123 e. The van der Waals surface area contributed by atoms with Crippen molar-refractivity contribution in [2.75, 3.05) is 21.3 Å². The Balaban J connectivity index is 0.000000191. The lowest BCUT2D eigenvalue weighted by Gasteiger charge is -2.01. The Kier molecular flexibility index (Phi) is 6.22. The molecular weight excluding hydrogens is 247 g/mol. The lowest BCUT2D eigenvalue weighted by molar-refractivity contribution is 0.394. The number of hydrogen-bond donors (Lipinski definition) is 0. The summed E-state index contributed by atoms with van der Waals surface area (Å²) in [6.07, 6.45) is 0. The quantitative estimate of drug-likeness (QED) is 0.848. The van der Waals surface area contributed by atoms with E-state index in [2.05, 4.69) is 0 Å². The summed E-state index contributed by atoms with van der Waals surface area (Å²) in [5.74, 6) is 2.07. The molecule has 2 rings (SSSR count). The van der Waals surface area contributed by atoms with E-state index in [0.717, 1.165) is 11.5 Å². The van der Waals surface area contributed by atoms with Crippen LogP contribution in [0.3, 0.4) is 0 Å². The largest absolute Gasteiger partial charge is 0.497 e. The van der Waals surface area contributed by atoms with E-state index < -0.39 is 0 Å². The summed E-state index contributed by atoms with van der Waals surface area (Å²) in [6.45, 7) is 0. The van der Waals surface area contributed by atoms with Crippen LogP contribution in [0.1, 0.15) is 0 Å². The van der Waals surface area contributed by atoms with Gasteiger partial charge in [-0.15, -0.1) is 0 Å². The second-order valence-corrected chi connectivity index (χ2v) is 3.54. The number of halogens is 1. The van der Waals surface area contributed by atoms with Gasteiger partial charge in [0.25, 0.3) is 0 Å². The predicted octanol–water partition coefficient (Wildman–Crippen LogP) is 3.54. The number of hydrogen-bond acceptors (Lipinski definition) is 3. The summed E-state index contributed by atoms with van der Waals surface area (Å²) in [4.78, 5) is 0. The van der Waals surface area contributed by atoms with Crippen molar-refractivity contribution in [2.45, 2.75) is 0 Å².